The van der Waals surface area contributed by atoms with Gasteiger partial charge in [-0.05, 0) is 166 Å². The zero-order chi connectivity index (χ0) is 46.1. The lowest BCUT2D eigenvalue weighted by Crippen LogP contribution is -2.33. The first-order valence-electron chi connectivity index (χ1n) is 23.6. The summed E-state index contributed by atoms with van der Waals surface area (Å²) in [5, 5.41) is 7.15. The first kappa shape index (κ1) is 42.3. The van der Waals surface area contributed by atoms with E-state index >= 15 is 0 Å². The topological polar surface area (TPSA) is 24.9 Å². The summed E-state index contributed by atoms with van der Waals surface area (Å²) in [7, 11) is 0. The lowest BCUT2D eigenvalue weighted by Gasteiger charge is -2.33. The average molecular weight is 881 g/mol. The highest BCUT2D eigenvalue weighted by molar-refractivity contribution is 6.08. The molecule has 9 aromatic rings. The molecule has 0 radical (unpaired) electrons. The molecule has 0 saturated carbocycles. The van der Waals surface area contributed by atoms with Gasteiger partial charge in [0.1, 0.15) is 5.76 Å². The predicted octanol–water partition coefficient (Wildman–Crippen LogP) is 15.8. The number of hydrogen-bond acceptors (Lipinski definition) is 4. The van der Waals surface area contributed by atoms with Crippen LogP contribution in [0.15, 0.2) is 212 Å². The van der Waals surface area contributed by atoms with Gasteiger partial charge in [-0.2, -0.15) is 0 Å². The van der Waals surface area contributed by atoms with Crippen molar-refractivity contribution in [2.45, 2.75) is 34.1 Å². The summed E-state index contributed by atoms with van der Waals surface area (Å²) < 4.78 is 13.0. The third-order valence-electron chi connectivity index (χ3n) is 13.4. The van der Waals surface area contributed by atoms with Crippen molar-refractivity contribution in [3.05, 3.63) is 239 Å². The van der Waals surface area contributed by atoms with E-state index in [2.05, 4.69) is 225 Å². The molecular formula is C64H52N2O2. The van der Waals surface area contributed by atoms with Gasteiger partial charge in [-0.15, -0.1) is 0 Å². The highest BCUT2D eigenvalue weighted by Gasteiger charge is 2.27. The molecule has 2 aliphatic heterocycles. The third-order valence-corrected chi connectivity index (χ3v) is 13.4. The fourth-order valence-corrected chi connectivity index (χ4v) is 10.1. The second-order valence-corrected chi connectivity index (χ2v) is 17.5. The molecule has 68 heavy (non-hydrogen) atoms. The monoisotopic (exact) mass is 880 g/mol. The standard InChI is InChI=1S/C64H52N2O2/c1-5-19-59-44(4)65(56-28-11-14-31-60(56)67-59)39-38-54-52(6-2)63(50-35-34-47-24-9-10-25-48(47)41-50)55-42-51(66-57-29-12-15-32-61(57)68-62-33-16-13-30-58(62)66)36-37-53(55)64(54)49-27-18-22-45(40-49)21-17-26-46-23-8-7-20-43(46)3/h5-20,22-38,40-42H,21,39H2,1-4H3/b19-5-,26-17-,52-6+,54-38+. The molecule has 0 spiro atoms. The van der Waals surface area contributed by atoms with Crippen LogP contribution in [0.5, 0.6) is 17.2 Å². The minimum atomic E-state index is 0.627. The predicted molar refractivity (Wildman–Crippen MR) is 287 cm³/mol. The largest absolute Gasteiger partial charge is 0.453 e. The van der Waals surface area contributed by atoms with Gasteiger partial charge in [0.05, 0.1) is 22.8 Å². The molecule has 2 aliphatic rings. The zero-order valence-corrected chi connectivity index (χ0v) is 38.9. The molecule has 330 valence electrons. The molecule has 0 atom stereocenters. The van der Waals surface area contributed by atoms with Gasteiger partial charge in [0, 0.05) is 12.2 Å². The molecule has 9 aromatic carbocycles. The number of benzene rings is 9. The van der Waals surface area contributed by atoms with E-state index in [1.54, 1.807) is 0 Å². The second-order valence-electron chi connectivity index (χ2n) is 17.5. The van der Waals surface area contributed by atoms with Gasteiger partial charge in [0.15, 0.2) is 17.2 Å². The van der Waals surface area contributed by atoms with Crippen molar-refractivity contribution in [3.63, 3.8) is 0 Å². The van der Waals surface area contributed by atoms with Crippen molar-refractivity contribution < 1.29 is 9.47 Å². The molecule has 0 amide bonds. The number of anilines is 4. The maximum atomic E-state index is 6.50. The summed E-state index contributed by atoms with van der Waals surface area (Å²) in [6.45, 7) is 9.18. The molecule has 0 bridgehead atoms. The average Bonchev–Trinajstić information content (AvgIpc) is 3.38. The smallest absolute Gasteiger partial charge is 0.151 e. The molecule has 2 heterocycles. The van der Waals surface area contributed by atoms with Crippen LogP contribution < -0.4 is 29.7 Å². The second kappa shape index (κ2) is 18.1. The van der Waals surface area contributed by atoms with Crippen molar-refractivity contribution in [2.24, 2.45) is 0 Å². The molecule has 4 nitrogen and oxygen atoms in total. The van der Waals surface area contributed by atoms with Gasteiger partial charge in [-0.3, -0.25) is 0 Å². The lowest BCUT2D eigenvalue weighted by molar-refractivity contribution is 0.425. The minimum absolute atomic E-state index is 0.627. The Morgan fingerprint density at radius 2 is 1.18 bits per heavy atom. The quantitative estimate of drug-likeness (QED) is 0.144. The molecule has 0 N–H and O–H groups in total. The SMILES string of the molecule is C/C=C\C1=C(C)N(C/C=c2/c(-c3cccc(C/C=C\c4ccccc4C)c3)c3ccc(N4c5ccccc5Oc5ccccc54)cc3c(-c3ccc4ccccc4c3)/c2=C/C)c2ccccc2O1. The Morgan fingerprint density at radius 1 is 0.515 bits per heavy atom. The summed E-state index contributed by atoms with van der Waals surface area (Å²) in [5.74, 6) is 3.36. The Bertz CT molecular complexity index is 3610. The number of ether oxygens (including phenoxy) is 2. The van der Waals surface area contributed by atoms with E-state index in [-0.39, 0.29) is 0 Å². The molecule has 11 rings (SSSR count). The fourth-order valence-electron chi connectivity index (χ4n) is 10.1. The van der Waals surface area contributed by atoms with Crippen LogP contribution in [-0.4, -0.2) is 6.54 Å². The Labute approximate surface area is 399 Å². The van der Waals surface area contributed by atoms with Crippen LogP contribution in [0.2, 0.25) is 0 Å². The summed E-state index contributed by atoms with van der Waals surface area (Å²) in [6, 6.07) is 65.4. The third kappa shape index (κ3) is 7.74. The number of rotatable bonds is 9. The fraction of sp³-hybridized carbons (Fsp3) is 0.0938. The summed E-state index contributed by atoms with van der Waals surface area (Å²) >= 11 is 0. The number of nitrogens with zero attached hydrogens (tertiary/aromatic N) is 2. The molecule has 0 aliphatic carbocycles. The molecule has 0 fully saturated rings. The summed E-state index contributed by atoms with van der Waals surface area (Å²) in [4.78, 5) is 4.74. The van der Waals surface area contributed by atoms with E-state index < -0.39 is 0 Å². The van der Waals surface area contributed by atoms with Gasteiger partial charge in [-0.25, -0.2) is 0 Å². The van der Waals surface area contributed by atoms with Crippen LogP contribution in [0.1, 0.15) is 37.5 Å². The Kier molecular flexibility index (Phi) is 11.3. The van der Waals surface area contributed by atoms with E-state index in [0.717, 1.165) is 57.9 Å². The molecular weight excluding hydrogens is 829 g/mol. The number of aryl methyl sites for hydroxylation is 1. The first-order chi connectivity index (χ1) is 33.5. The first-order valence-corrected chi connectivity index (χ1v) is 23.6. The van der Waals surface area contributed by atoms with Gasteiger partial charge in [0.2, 0.25) is 0 Å². The Hall–Kier alpha value is -8.34. The highest BCUT2D eigenvalue weighted by atomic mass is 16.5. The minimum Gasteiger partial charge on any atom is -0.453 e. The summed E-state index contributed by atoms with van der Waals surface area (Å²) in [5.41, 5.74) is 13.7. The van der Waals surface area contributed by atoms with Crippen molar-refractivity contribution in [1.29, 1.82) is 0 Å². The van der Waals surface area contributed by atoms with Gasteiger partial charge < -0.3 is 19.3 Å². The van der Waals surface area contributed by atoms with Crippen LogP contribution >= 0.6 is 0 Å². The van der Waals surface area contributed by atoms with Crippen LogP contribution in [0, 0.1) is 6.92 Å². The molecule has 0 saturated heterocycles. The summed E-state index contributed by atoms with van der Waals surface area (Å²) in [6.07, 6.45) is 14.2. The molecule has 4 heteroatoms. The van der Waals surface area contributed by atoms with E-state index in [0.29, 0.717) is 6.54 Å². The normalized spacial score (nSPS) is 13.9. The van der Waals surface area contributed by atoms with E-state index in [4.69, 9.17) is 9.47 Å². The Morgan fingerprint density at radius 3 is 1.93 bits per heavy atom. The molecule has 0 aromatic heterocycles. The number of allylic oxidation sites excluding steroid dienone is 4. The Balaban J connectivity index is 1.19. The van der Waals surface area contributed by atoms with Crippen molar-refractivity contribution in [3.8, 4) is 39.5 Å². The number of fused-ring (bicyclic) bond motifs is 5. The van der Waals surface area contributed by atoms with Gasteiger partial charge >= 0.3 is 0 Å². The van der Waals surface area contributed by atoms with Crippen molar-refractivity contribution in [2.75, 3.05) is 16.3 Å². The highest BCUT2D eigenvalue weighted by Crippen LogP contribution is 2.51. The maximum absolute atomic E-state index is 6.50. The zero-order valence-electron chi connectivity index (χ0n) is 38.9. The number of hydrogen-bond donors (Lipinski definition) is 0. The van der Waals surface area contributed by atoms with Gasteiger partial charge in [-0.1, -0.05) is 158 Å². The van der Waals surface area contributed by atoms with E-state index in [9.17, 15) is 0 Å². The van der Waals surface area contributed by atoms with Gasteiger partial charge in [0.25, 0.3) is 0 Å². The van der Waals surface area contributed by atoms with Crippen LogP contribution in [0.3, 0.4) is 0 Å². The lowest BCUT2D eigenvalue weighted by atomic mass is 9.86. The van der Waals surface area contributed by atoms with Crippen LogP contribution in [-0.2, 0) is 6.42 Å². The van der Waals surface area contributed by atoms with Crippen LogP contribution in [0.25, 0.3) is 62.0 Å². The maximum Gasteiger partial charge on any atom is 0.151 e. The van der Waals surface area contributed by atoms with Crippen molar-refractivity contribution >= 4 is 62.5 Å². The molecule has 0 unspecified atom stereocenters. The van der Waals surface area contributed by atoms with E-state index in [1.165, 1.54) is 70.9 Å². The van der Waals surface area contributed by atoms with Crippen LogP contribution in [0.4, 0.5) is 22.7 Å². The number of para-hydroxylation sites is 6. The van der Waals surface area contributed by atoms with Crippen molar-refractivity contribution in [1.82, 2.24) is 0 Å². The van der Waals surface area contributed by atoms with E-state index in [1.807, 2.05) is 31.2 Å².